The van der Waals surface area contributed by atoms with E-state index in [0.717, 1.165) is 18.8 Å². The first-order chi connectivity index (χ1) is 4.77. The van der Waals surface area contributed by atoms with Gasteiger partial charge in [0.2, 0.25) is 0 Å². The molecule has 2 nitrogen and oxygen atoms in total. The summed E-state index contributed by atoms with van der Waals surface area (Å²) in [5.41, 5.74) is 0. The van der Waals surface area contributed by atoms with Gasteiger partial charge in [-0.2, -0.15) is 0 Å². The fraction of sp³-hybridized carbons (Fsp3) is 0.500. The molecule has 10 heavy (non-hydrogen) atoms. The van der Waals surface area contributed by atoms with E-state index >= 15 is 0 Å². The molecule has 53 valence electrons. The molecule has 2 bridgehead atoms. The fourth-order valence-corrected chi connectivity index (χ4v) is 1.83. The van der Waals surface area contributed by atoms with E-state index < -0.39 is 5.97 Å². The zero-order valence-corrected chi connectivity index (χ0v) is 5.58. The summed E-state index contributed by atoms with van der Waals surface area (Å²) in [7, 11) is 0. The Morgan fingerprint density at radius 1 is 1.70 bits per heavy atom. The number of carbonyl (C=O) groups is 1. The topological polar surface area (TPSA) is 37.3 Å². The van der Waals surface area contributed by atoms with E-state index in [2.05, 4.69) is 6.08 Å². The highest BCUT2D eigenvalue weighted by atomic mass is 16.4. The van der Waals surface area contributed by atoms with Crippen LogP contribution in [0.3, 0.4) is 0 Å². The molecule has 0 spiro atoms. The largest absolute Gasteiger partial charge is 0.481 e. The van der Waals surface area contributed by atoms with Crippen molar-refractivity contribution < 1.29 is 9.90 Å². The van der Waals surface area contributed by atoms with Gasteiger partial charge in [0.15, 0.2) is 0 Å². The molecular weight excluding hydrogens is 128 g/mol. The zero-order valence-electron chi connectivity index (χ0n) is 5.58. The second kappa shape index (κ2) is 1.84. The maximum atomic E-state index is 10.5. The first-order valence-corrected chi connectivity index (χ1v) is 3.54. The molecule has 1 saturated carbocycles. The van der Waals surface area contributed by atoms with Gasteiger partial charge in [0.25, 0.3) is 0 Å². The van der Waals surface area contributed by atoms with E-state index in [4.69, 9.17) is 5.11 Å². The Morgan fingerprint density at radius 2 is 2.50 bits per heavy atom. The lowest BCUT2D eigenvalue weighted by Crippen LogP contribution is -2.16. The average molecular weight is 137 g/mol. The maximum absolute atomic E-state index is 10.5. The van der Waals surface area contributed by atoms with Gasteiger partial charge in [-0.1, -0.05) is 12.2 Å². The van der Waals surface area contributed by atoms with Gasteiger partial charge in [0.05, 0.1) is 5.92 Å². The second-order valence-corrected chi connectivity index (χ2v) is 3.02. The number of allylic oxidation sites excluding steroid dienone is 2. The monoisotopic (exact) mass is 137 g/mol. The van der Waals surface area contributed by atoms with E-state index in [1.54, 1.807) is 0 Å². The smallest absolute Gasteiger partial charge is 0.307 e. The van der Waals surface area contributed by atoms with Crippen molar-refractivity contribution in [3.63, 3.8) is 0 Å². The number of hydrogen-bond donors (Lipinski definition) is 1. The lowest BCUT2D eigenvalue weighted by atomic mass is 9.94. The molecule has 0 aromatic carbocycles. The third kappa shape index (κ3) is 0.681. The molecular formula is C8H9O2. The van der Waals surface area contributed by atoms with Gasteiger partial charge < -0.3 is 5.11 Å². The van der Waals surface area contributed by atoms with Crippen LogP contribution in [0.2, 0.25) is 0 Å². The Hall–Kier alpha value is -0.790. The van der Waals surface area contributed by atoms with E-state index in [0.29, 0.717) is 5.92 Å². The second-order valence-electron chi connectivity index (χ2n) is 3.02. The first-order valence-electron chi connectivity index (χ1n) is 3.54. The van der Waals surface area contributed by atoms with Gasteiger partial charge in [-0.3, -0.25) is 4.79 Å². The lowest BCUT2D eigenvalue weighted by Gasteiger charge is -2.10. The predicted molar refractivity (Wildman–Crippen MR) is 36.2 cm³/mol. The van der Waals surface area contributed by atoms with Crippen LogP contribution in [0, 0.1) is 17.8 Å². The molecule has 0 heterocycles. The number of carboxylic acid groups (broad SMARTS) is 1. The molecule has 2 aliphatic rings. The van der Waals surface area contributed by atoms with E-state index in [1.807, 2.05) is 6.08 Å². The molecule has 0 aromatic rings. The van der Waals surface area contributed by atoms with E-state index in [1.165, 1.54) is 0 Å². The summed E-state index contributed by atoms with van der Waals surface area (Å²) in [4.78, 5) is 10.5. The standard InChI is InChI=1S/C8H9O2/c9-8(10)7-4-5-1-2-6(7)3-5/h1-2,5,7H,3-4H2,(H,9,10). The van der Waals surface area contributed by atoms with Gasteiger partial charge >= 0.3 is 5.97 Å². The zero-order chi connectivity index (χ0) is 7.14. The highest BCUT2D eigenvalue weighted by molar-refractivity contribution is 5.75. The van der Waals surface area contributed by atoms with Crippen LogP contribution in [0.15, 0.2) is 12.2 Å². The van der Waals surface area contributed by atoms with Crippen LogP contribution in [0.4, 0.5) is 0 Å². The van der Waals surface area contributed by atoms with Crippen molar-refractivity contribution >= 4 is 5.97 Å². The van der Waals surface area contributed by atoms with Crippen LogP contribution in [0.25, 0.3) is 0 Å². The molecule has 2 atom stereocenters. The van der Waals surface area contributed by atoms with Crippen molar-refractivity contribution in [1.82, 2.24) is 0 Å². The summed E-state index contributed by atoms with van der Waals surface area (Å²) in [5, 5.41) is 8.68. The summed E-state index contributed by atoms with van der Waals surface area (Å²) in [5.74, 6) is 0.852. The fourth-order valence-electron chi connectivity index (χ4n) is 1.83. The third-order valence-corrected chi connectivity index (χ3v) is 2.36. The lowest BCUT2D eigenvalue weighted by molar-refractivity contribution is -0.140. The van der Waals surface area contributed by atoms with Crippen molar-refractivity contribution in [2.24, 2.45) is 11.8 Å². The van der Waals surface area contributed by atoms with Crippen LogP contribution in [-0.4, -0.2) is 11.1 Å². The number of hydrogen-bond acceptors (Lipinski definition) is 1. The molecule has 2 unspecified atom stereocenters. The SMILES string of the molecule is O=C(O)C1CC2C=C[C]1C2. The van der Waals surface area contributed by atoms with Crippen LogP contribution >= 0.6 is 0 Å². The number of aliphatic carboxylic acids is 1. The highest BCUT2D eigenvalue weighted by Crippen LogP contribution is 2.44. The van der Waals surface area contributed by atoms with Crippen molar-refractivity contribution in [3.05, 3.63) is 18.1 Å². The molecule has 2 rings (SSSR count). The number of carboxylic acids is 1. The summed E-state index contributed by atoms with van der Waals surface area (Å²) in [6.45, 7) is 0. The summed E-state index contributed by atoms with van der Waals surface area (Å²) >= 11 is 0. The van der Waals surface area contributed by atoms with Crippen LogP contribution in [-0.2, 0) is 4.79 Å². The Morgan fingerprint density at radius 3 is 2.80 bits per heavy atom. The minimum atomic E-state index is -0.651. The molecule has 1 fully saturated rings. The molecule has 0 aliphatic heterocycles. The van der Waals surface area contributed by atoms with Crippen molar-refractivity contribution in [2.75, 3.05) is 0 Å². The van der Waals surface area contributed by atoms with Crippen LogP contribution in [0.1, 0.15) is 12.8 Å². The summed E-state index contributed by atoms with van der Waals surface area (Å²) < 4.78 is 0. The molecule has 1 N–H and O–H groups in total. The Labute approximate surface area is 59.5 Å². The first kappa shape index (κ1) is 5.96. The van der Waals surface area contributed by atoms with Crippen LogP contribution in [0.5, 0.6) is 0 Å². The molecule has 2 aliphatic carbocycles. The molecule has 1 radical (unpaired) electrons. The molecule has 0 saturated heterocycles. The third-order valence-electron chi connectivity index (χ3n) is 2.36. The Kier molecular flexibility index (Phi) is 1.10. The Bertz CT molecular complexity index is 195. The van der Waals surface area contributed by atoms with Crippen molar-refractivity contribution in [2.45, 2.75) is 12.8 Å². The average Bonchev–Trinajstić information content (AvgIpc) is 2.44. The van der Waals surface area contributed by atoms with E-state index in [-0.39, 0.29) is 5.92 Å². The molecule has 0 amide bonds. The predicted octanol–water partition coefficient (Wildman–Crippen LogP) is 1.24. The normalized spacial score (nSPS) is 37.2. The number of rotatable bonds is 1. The van der Waals surface area contributed by atoms with E-state index in [9.17, 15) is 4.79 Å². The van der Waals surface area contributed by atoms with Crippen molar-refractivity contribution in [3.8, 4) is 0 Å². The van der Waals surface area contributed by atoms with Crippen LogP contribution < -0.4 is 0 Å². The minimum absolute atomic E-state index is 0.157. The molecule has 0 aromatic heterocycles. The van der Waals surface area contributed by atoms with Crippen molar-refractivity contribution in [1.29, 1.82) is 0 Å². The number of fused-ring (bicyclic) bond motifs is 2. The van der Waals surface area contributed by atoms with Gasteiger partial charge in [0.1, 0.15) is 0 Å². The highest BCUT2D eigenvalue weighted by Gasteiger charge is 2.40. The van der Waals surface area contributed by atoms with Gasteiger partial charge in [-0.25, -0.2) is 0 Å². The van der Waals surface area contributed by atoms with Gasteiger partial charge in [-0.15, -0.1) is 0 Å². The maximum Gasteiger partial charge on any atom is 0.307 e. The Balaban J connectivity index is 2.16. The molecule has 2 heteroatoms. The summed E-state index contributed by atoms with van der Waals surface area (Å²) in [6, 6.07) is 0. The minimum Gasteiger partial charge on any atom is -0.481 e. The van der Waals surface area contributed by atoms with Gasteiger partial charge in [0, 0.05) is 5.92 Å². The quantitative estimate of drug-likeness (QED) is 0.590. The summed E-state index contributed by atoms with van der Waals surface area (Å²) in [6.07, 6.45) is 5.93. The van der Waals surface area contributed by atoms with Gasteiger partial charge in [-0.05, 0) is 18.8 Å².